The summed E-state index contributed by atoms with van der Waals surface area (Å²) in [7, 11) is 4.70. The highest BCUT2D eigenvalue weighted by Gasteiger charge is 2.33. The second-order valence-electron chi connectivity index (χ2n) is 8.15. The number of benzene rings is 2. The van der Waals surface area contributed by atoms with Crippen molar-refractivity contribution in [3.05, 3.63) is 84.0 Å². The molecule has 2 aromatic carbocycles. The van der Waals surface area contributed by atoms with Crippen molar-refractivity contribution in [2.45, 2.75) is 26.8 Å². The molecular weight excluding hydrogens is 480 g/mol. The quantitative estimate of drug-likeness (QED) is 0.456. The Morgan fingerprint density at radius 2 is 1.75 bits per heavy atom. The molecule has 9 heteroatoms. The summed E-state index contributed by atoms with van der Waals surface area (Å²) in [6.07, 6.45) is 1.81. The molecule has 1 aromatic heterocycles. The zero-order valence-corrected chi connectivity index (χ0v) is 21.9. The Hall–Kier alpha value is -3.85. The van der Waals surface area contributed by atoms with Gasteiger partial charge in [0.1, 0.15) is 5.75 Å². The fourth-order valence-electron chi connectivity index (χ4n) is 4.21. The van der Waals surface area contributed by atoms with Crippen molar-refractivity contribution in [1.29, 1.82) is 0 Å². The van der Waals surface area contributed by atoms with Gasteiger partial charge in [0.05, 0.1) is 49.8 Å². The Balaban J connectivity index is 1.96. The van der Waals surface area contributed by atoms with Gasteiger partial charge in [-0.3, -0.25) is 9.36 Å². The normalized spacial score (nSPS) is 15.3. The summed E-state index contributed by atoms with van der Waals surface area (Å²) in [5.41, 5.74) is 3.05. The molecule has 1 unspecified atom stereocenters. The number of esters is 1. The predicted octanol–water partition coefficient (Wildman–Crippen LogP) is 3.13. The van der Waals surface area contributed by atoms with E-state index in [9.17, 15) is 9.59 Å². The van der Waals surface area contributed by atoms with Crippen LogP contribution in [0.5, 0.6) is 17.2 Å². The third-order valence-electron chi connectivity index (χ3n) is 5.97. The molecule has 0 radical (unpaired) electrons. The summed E-state index contributed by atoms with van der Waals surface area (Å²) >= 11 is 1.27. The molecule has 0 N–H and O–H groups in total. The summed E-state index contributed by atoms with van der Waals surface area (Å²) in [6.45, 7) is 5.65. The Morgan fingerprint density at radius 1 is 1.03 bits per heavy atom. The molecule has 0 bridgehead atoms. The molecule has 0 saturated carbocycles. The van der Waals surface area contributed by atoms with Crippen molar-refractivity contribution in [3.63, 3.8) is 0 Å². The third-order valence-corrected chi connectivity index (χ3v) is 6.95. The average molecular weight is 509 g/mol. The van der Waals surface area contributed by atoms with Crippen LogP contribution in [0.1, 0.15) is 36.6 Å². The molecule has 1 aliphatic heterocycles. The number of thiazole rings is 1. The van der Waals surface area contributed by atoms with Gasteiger partial charge in [0.15, 0.2) is 16.3 Å². The first-order chi connectivity index (χ1) is 17.3. The van der Waals surface area contributed by atoms with E-state index < -0.39 is 12.0 Å². The Bertz CT molecular complexity index is 1530. The Labute approximate surface area is 212 Å². The maximum absolute atomic E-state index is 13.8. The van der Waals surface area contributed by atoms with E-state index in [2.05, 4.69) is 4.99 Å². The molecule has 0 amide bonds. The van der Waals surface area contributed by atoms with Crippen LogP contribution in [0, 0.1) is 6.92 Å². The lowest BCUT2D eigenvalue weighted by Gasteiger charge is -2.25. The van der Waals surface area contributed by atoms with Crippen molar-refractivity contribution in [1.82, 2.24) is 4.57 Å². The number of rotatable bonds is 7. The molecule has 2 heterocycles. The number of allylic oxidation sites excluding steroid dienone is 1. The largest absolute Gasteiger partial charge is 0.496 e. The van der Waals surface area contributed by atoms with Crippen LogP contribution in [0.4, 0.5) is 0 Å². The van der Waals surface area contributed by atoms with Gasteiger partial charge in [-0.05, 0) is 61.7 Å². The van der Waals surface area contributed by atoms with Crippen LogP contribution in [0.2, 0.25) is 0 Å². The van der Waals surface area contributed by atoms with E-state index in [4.69, 9.17) is 18.9 Å². The maximum Gasteiger partial charge on any atom is 0.338 e. The molecule has 3 aromatic rings. The molecule has 1 atom stereocenters. The summed E-state index contributed by atoms with van der Waals surface area (Å²) in [5, 5.41) is 0. The van der Waals surface area contributed by atoms with Crippen LogP contribution in [-0.2, 0) is 9.53 Å². The first-order valence-electron chi connectivity index (χ1n) is 11.4. The molecule has 0 aliphatic carbocycles. The van der Waals surface area contributed by atoms with Gasteiger partial charge in [-0.2, -0.15) is 0 Å². The fraction of sp³-hybridized carbons (Fsp3) is 0.296. The maximum atomic E-state index is 13.8. The molecule has 0 fully saturated rings. The van der Waals surface area contributed by atoms with E-state index >= 15 is 0 Å². The van der Waals surface area contributed by atoms with Crippen LogP contribution >= 0.6 is 11.3 Å². The summed E-state index contributed by atoms with van der Waals surface area (Å²) in [5.74, 6) is 1.25. The summed E-state index contributed by atoms with van der Waals surface area (Å²) in [6, 6.07) is 10.3. The van der Waals surface area contributed by atoms with E-state index in [1.54, 1.807) is 50.8 Å². The number of aromatic nitrogens is 1. The van der Waals surface area contributed by atoms with E-state index in [0.717, 1.165) is 16.9 Å². The number of nitrogens with zero attached hydrogens (tertiary/aromatic N) is 2. The smallest absolute Gasteiger partial charge is 0.338 e. The molecular formula is C27H28N2O6S. The highest BCUT2D eigenvalue weighted by molar-refractivity contribution is 7.07. The minimum absolute atomic E-state index is 0.202. The molecule has 8 nitrogen and oxygen atoms in total. The van der Waals surface area contributed by atoms with Crippen molar-refractivity contribution in [2.75, 3.05) is 27.9 Å². The highest BCUT2D eigenvalue weighted by Crippen LogP contribution is 2.36. The zero-order valence-electron chi connectivity index (χ0n) is 21.1. The number of hydrogen-bond donors (Lipinski definition) is 0. The van der Waals surface area contributed by atoms with Crippen LogP contribution in [0.3, 0.4) is 0 Å². The molecule has 188 valence electrons. The zero-order chi connectivity index (χ0) is 26.0. The van der Waals surface area contributed by atoms with Gasteiger partial charge < -0.3 is 18.9 Å². The molecule has 0 spiro atoms. The van der Waals surface area contributed by atoms with Crippen LogP contribution in [-0.4, -0.2) is 38.5 Å². The Morgan fingerprint density at radius 3 is 2.42 bits per heavy atom. The number of aryl methyl sites for hydroxylation is 1. The number of hydrogen-bond acceptors (Lipinski definition) is 8. The van der Waals surface area contributed by atoms with Gasteiger partial charge in [0.25, 0.3) is 5.56 Å². The number of carbonyl (C=O) groups is 1. The minimum atomic E-state index is -0.741. The van der Waals surface area contributed by atoms with Crippen molar-refractivity contribution < 1.29 is 23.7 Å². The van der Waals surface area contributed by atoms with Gasteiger partial charge in [-0.15, -0.1) is 0 Å². The molecule has 0 saturated heterocycles. The topological polar surface area (TPSA) is 88.4 Å². The van der Waals surface area contributed by atoms with Crippen molar-refractivity contribution in [3.8, 4) is 17.2 Å². The van der Waals surface area contributed by atoms with Gasteiger partial charge >= 0.3 is 5.97 Å². The standard InChI is InChI=1S/C27H28N2O6S/c1-7-35-26(31)23-16(3)28-27-29(24(23)18-10-11-19(32-4)21(14-18)34-6)25(30)22(36-27)13-17-9-8-15(2)20(12-17)33-5/h8-14,24H,7H2,1-6H3/b22-13-. The lowest BCUT2D eigenvalue weighted by atomic mass is 9.95. The van der Waals surface area contributed by atoms with Crippen molar-refractivity contribution in [2.24, 2.45) is 4.99 Å². The third kappa shape index (κ3) is 4.54. The number of ether oxygens (including phenoxy) is 4. The van der Waals surface area contributed by atoms with Crippen molar-refractivity contribution >= 4 is 23.4 Å². The highest BCUT2D eigenvalue weighted by atomic mass is 32.1. The van der Waals surface area contributed by atoms with E-state index in [-0.39, 0.29) is 12.2 Å². The summed E-state index contributed by atoms with van der Waals surface area (Å²) in [4.78, 5) is 31.9. The van der Waals surface area contributed by atoms with E-state index in [0.29, 0.717) is 37.7 Å². The monoisotopic (exact) mass is 508 g/mol. The summed E-state index contributed by atoms with van der Waals surface area (Å²) < 4.78 is 23.7. The number of carbonyl (C=O) groups excluding carboxylic acids is 1. The predicted molar refractivity (Wildman–Crippen MR) is 138 cm³/mol. The van der Waals surface area contributed by atoms with Gasteiger partial charge in [0.2, 0.25) is 0 Å². The molecule has 36 heavy (non-hydrogen) atoms. The first kappa shape index (κ1) is 25.2. The van der Waals surface area contributed by atoms with Crippen LogP contribution in [0.25, 0.3) is 6.08 Å². The second-order valence-corrected chi connectivity index (χ2v) is 9.15. The number of methoxy groups -OCH3 is 3. The molecule has 1 aliphatic rings. The SMILES string of the molecule is CCOC(=O)C1=C(C)N=c2s/c(=C\c3ccc(C)c(OC)c3)c(=O)n2C1c1ccc(OC)c(OC)c1. The minimum Gasteiger partial charge on any atom is -0.496 e. The molecule has 4 rings (SSSR count). The first-order valence-corrected chi connectivity index (χ1v) is 12.2. The average Bonchev–Trinajstić information content (AvgIpc) is 3.18. The Kier molecular flexibility index (Phi) is 7.30. The van der Waals surface area contributed by atoms with Crippen LogP contribution < -0.4 is 29.1 Å². The van der Waals surface area contributed by atoms with Gasteiger partial charge in [0, 0.05) is 0 Å². The number of fused-ring (bicyclic) bond motifs is 1. The van der Waals surface area contributed by atoms with Gasteiger partial charge in [-0.25, -0.2) is 9.79 Å². The van der Waals surface area contributed by atoms with E-state index in [1.165, 1.54) is 18.4 Å². The lowest BCUT2D eigenvalue weighted by molar-refractivity contribution is -0.139. The van der Waals surface area contributed by atoms with Gasteiger partial charge in [-0.1, -0.05) is 29.5 Å². The lowest BCUT2D eigenvalue weighted by Crippen LogP contribution is -2.39. The second kappa shape index (κ2) is 10.4. The van der Waals surface area contributed by atoms with Crippen LogP contribution in [0.15, 0.2) is 57.5 Å². The fourth-order valence-corrected chi connectivity index (χ4v) is 5.25. The van der Waals surface area contributed by atoms with E-state index in [1.807, 2.05) is 31.2 Å².